The fourth-order valence-corrected chi connectivity index (χ4v) is 2.94. The van der Waals surface area contributed by atoms with Gasteiger partial charge in [0.25, 0.3) is 0 Å². The topological polar surface area (TPSA) is 40.5 Å². The first-order valence-electron chi connectivity index (χ1n) is 6.78. The number of rotatable bonds is 4. The highest BCUT2D eigenvalue weighted by atomic mass is 35.5. The average molecular weight is 282 g/mol. The van der Waals surface area contributed by atoms with Crippen molar-refractivity contribution in [1.29, 1.82) is 0 Å². The van der Waals surface area contributed by atoms with Crippen molar-refractivity contribution in [2.45, 2.75) is 44.8 Å². The molecule has 2 rings (SSSR count). The number of likely N-dealkylation sites (tertiary alicyclic amines) is 1. The smallest absolute Gasteiger partial charge is 0.227 e. The molecule has 0 radical (unpaired) electrons. The van der Waals surface area contributed by atoms with Crippen LogP contribution in [0.4, 0.5) is 0 Å². The van der Waals surface area contributed by atoms with Crippen molar-refractivity contribution < 1.29 is 9.90 Å². The minimum Gasteiger partial charge on any atom is -0.393 e. The Labute approximate surface area is 119 Å². The summed E-state index contributed by atoms with van der Waals surface area (Å²) in [5, 5.41) is 10.1. The molecule has 0 aliphatic carbocycles. The van der Waals surface area contributed by atoms with Crippen LogP contribution in [0.2, 0.25) is 5.02 Å². The number of carbonyl (C=O) groups is 1. The molecule has 1 amide bonds. The molecule has 104 valence electrons. The van der Waals surface area contributed by atoms with Gasteiger partial charge in [-0.3, -0.25) is 4.79 Å². The number of amides is 1. The van der Waals surface area contributed by atoms with Gasteiger partial charge in [-0.25, -0.2) is 0 Å². The van der Waals surface area contributed by atoms with Crippen molar-refractivity contribution in [3.8, 4) is 0 Å². The fraction of sp³-hybridized carbons (Fsp3) is 0.533. The van der Waals surface area contributed by atoms with Crippen LogP contribution in [-0.2, 0) is 11.2 Å². The molecule has 1 aliphatic rings. The summed E-state index contributed by atoms with van der Waals surface area (Å²) in [4.78, 5) is 14.2. The summed E-state index contributed by atoms with van der Waals surface area (Å²) in [7, 11) is 0. The highest BCUT2D eigenvalue weighted by Gasteiger charge is 2.29. The molecular weight excluding hydrogens is 262 g/mol. The Kier molecular flexibility index (Phi) is 4.83. The summed E-state index contributed by atoms with van der Waals surface area (Å²) in [5.74, 6) is 0.130. The summed E-state index contributed by atoms with van der Waals surface area (Å²) >= 11 is 5.93. The zero-order valence-electron chi connectivity index (χ0n) is 11.2. The molecule has 1 aliphatic heterocycles. The Morgan fingerprint density at radius 2 is 2.37 bits per heavy atom. The molecule has 1 N–H and O–H groups in total. The second kappa shape index (κ2) is 6.40. The number of carbonyl (C=O) groups excluding carboxylic acids is 1. The zero-order valence-corrected chi connectivity index (χ0v) is 11.9. The van der Waals surface area contributed by atoms with Crippen molar-refractivity contribution in [3.63, 3.8) is 0 Å². The van der Waals surface area contributed by atoms with E-state index in [4.69, 9.17) is 11.6 Å². The maximum Gasteiger partial charge on any atom is 0.227 e. The van der Waals surface area contributed by atoms with Gasteiger partial charge in [-0.05, 0) is 43.9 Å². The van der Waals surface area contributed by atoms with Crippen LogP contribution in [0.3, 0.4) is 0 Å². The SMILES string of the molecule is CC(O)CC1CCCN1C(=O)Cc1cccc(Cl)c1. The van der Waals surface area contributed by atoms with E-state index in [0.717, 1.165) is 24.9 Å². The van der Waals surface area contributed by atoms with Crippen molar-refractivity contribution in [1.82, 2.24) is 4.90 Å². The number of benzene rings is 1. The molecule has 1 aromatic carbocycles. The van der Waals surface area contributed by atoms with Crippen molar-refractivity contribution in [2.24, 2.45) is 0 Å². The van der Waals surface area contributed by atoms with Crippen LogP contribution in [0.5, 0.6) is 0 Å². The van der Waals surface area contributed by atoms with Crippen LogP contribution in [0.1, 0.15) is 31.7 Å². The Hall–Kier alpha value is -1.06. The number of halogens is 1. The van der Waals surface area contributed by atoms with Gasteiger partial charge in [-0.1, -0.05) is 23.7 Å². The fourth-order valence-electron chi connectivity index (χ4n) is 2.73. The first-order chi connectivity index (χ1) is 9.06. The van der Waals surface area contributed by atoms with Gasteiger partial charge in [0.15, 0.2) is 0 Å². The highest BCUT2D eigenvalue weighted by Crippen LogP contribution is 2.23. The molecule has 2 unspecified atom stereocenters. The van der Waals surface area contributed by atoms with Crippen LogP contribution < -0.4 is 0 Å². The summed E-state index contributed by atoms with van der Waals surface area (Å²) < 4.78 is 0. The third-order valence-corrected chi connectivity index (χ3v) is 3.79. The molecule has 2 atom stereocenters. The molecule has 0 saturated carbocycles. The lowest BCUT2D eigenvalue weighted by Crippen LogP contribution is -2.38. The van der Waals surface area contributed by atoms with Crippen LogP contribution in [0.15, 0.2) is 24.3 Å². The Balaban J connectivity index is 1.99. The van der Waals surface area contributed by atoms with E-state index in [1.54, 1.807) is 6.92 Å². The quantitative estimate of drug-likeness (QED) is 0.922. The Bertz CT molecular complexity index is 448. The predicted octanol–water partition coefficient (Wildman–Crippen LogP) is 2.64. The molecule has 1 saturated heterocycles. The van der Waals surface area contributed by atoms with Crippen molar-refractivity contribution in [2.75, 3.05) is 6.54 Å². The van der Waals surface area contributed by atoms with Crippen molar-refractivity contribution >= 4 is 17.5 Å². The zero-order chi connectivity index (χ0) is 13.8. The van der Waals surface area contributed by atoms with Gasteiger partial charge >= 0.3 is 0 Å². The standard InChI is InChI=1S/C15H20ClNO2/c1-11(18)8-14-6-3-7-17(14)15(19)10-12-4-2-5-13(16)9-12/h2,4-5,9,11,14,18H,3,6-8,10H2,1H3. The number of aliphatic hydroxyl groups excluding tert-OH is 1. The minimum atomic E-state index is -0.357. The molecule has 0 bridgehead atoms. The van der Waals surface area contributed by atoms with Crippen LogP contribution in [-0.4, -0.2) is 34.6 Å². The highest BCUT2D eigenvalue weighted by molar-refractivity contribution is 6.30. The maximum absolute atomic E-state index is 12.3. The summed E-state index contributed by atoms with van der Waals surface area (Å²) in [6.45, 7) is 2.58. The molecule has 3 nitrogen and oxygen atoms in total. The Morgan fingerprint density at radius 3 is 3.05 bits per heavy atom. The van der Waals surface area contributed by atoms with Crippen LogP contribution >= 0.6 is 11.6 Å². The van der Waals surface area contributed by atoms with Gasteiger partial charge in [-0.15, -0.1) is 0 Å². The molecule has 1 heterocycles. The van der Waals surface area contributed by atoms with E-state index in [9.17, 15) is 9.90 Å². The lowest BCUT2D eigenvalue weighted by molar-refractivity contribution is -0.131. The molecule has 1 fully saturated rings. The number of aliphatic hydroxyl groups is 1. The van der Waals surface area contributed by atoms with E-state index in [1.807, 2.05) is 29.2 Å². The van der Waals surface area contributed by atoms with Crippen LogP contribution in [0.25, 0.3) is 0 Å². The molecule has 1 aromatic rings. The second-order valence-electron chi connectivity index (χ2n) is 5.27. The Morgan fingerprint density at radius 1 is 1.58 bits per heavy atom. The third kappa shape index (κ3) is 3.95. The van der Waals surface area contributed by atoms with Gasteiger partial charge in [-0.2, -0.15) is 0 Å². The molecule has 0 aromatic heterocycles. The lowest BCUT2D eigenvalue weighted by Gasteiger charge is -2.25. The van der Waals surface area contributed by atoms with Gasteiger partial charge in [0, 0.05) is 17.6 Å². The van der Waals surface area contributed by atoms with E-state index in [2.05, 4.69) is 0 Å². The van der Waals surface area contributed by atoms with Gasteiger partial charge in [0.2, 0.25) is 5.91 Å². The average Bonchev–Trinajstić information content (AvgIpc) is 2.76. The number of hydrogen-bond acceptors (Lipinski definition) is 2. The predicted molar refractivity (Wildman–Crippen MR) is 76.2 cm³/mol. The molecule has 19 heavy (non-hydrogen) atoms. The number of hydrogen-bond donors (Lipinski definition) is 1. The van der Waals surface area contributed by atoms with E-state index in [-0.39, 0.29) is 18.1 Å². The van der Waals surface area contributed by atoms with E-state index < -0.39 is 0 Å². The third-order valence-electron chi connectivity index (χ3n) is 3.56. The minimum absolute atomic E-state index is 0.130. The van der Waals surface area contributed by atoms with Crippen molar-refractivity contribution in [3.05, 3.63) is 34.9 Å². The first-order valence-corrected chi connectivity index (χ1v) is 7.16. The van der Waals surface area contributed by atoms with E-state index in [1.165, 1.54) is 0 Å². The number of nitrogens with zero attached hydrogens (tertiary/aromatic N) is 1. The van der Waals surface area contributed by atoms with E-state index in [0.29, 0.717) is 17.9 Å². The monoisotopic (exact) mass is 281 g/mol. The van der Waals surface area contributed by atoms with Crippen LogP contribution in [0, 0.1) is 0 Å². The molecule has 0 spiro atoms. The normalized spacial score (nSPS) is 20.6. The maximum atomic E-state index is 12.3. The molecular formula is C15H20ClNO2. The summed E-state index contributed by atoms with van der Waals surface area (Å²) in [6, 6.07) is 7.61. The lowest BCUT2D eigenvalue weighted by atomic mass is 10.1. The van der Waals surface area contributed by atoms with E-state index >= 15 is 0 Å². The summed E-state index contributed by atoms with van der Waals surface area (Å²) in [5.41, 5.74) is 0.945. The summed E-state index contributed by atoms with van der Waals surface area (Å²) in [6.07, 6.45) is 2.72. The largest absolute Gasteiger partial charge is 0.393 e. The first kappa shape index (κ1) is 14.4. The molecule has 4 heteroatoms. The van der Waals surface area contributed by atoms with Gasteiger partial charge < -0.3 is 10.0 Å². The van der Waals surface area contributed by atoms with Gasteiger partial charge in [0.1, 0.15) is 0 Å². The second-order valence-corrected chi connectivity index (χ2v) is 5.71. The van der Waals surface area contributed by atoms with Gasteiger partial charge in [0.05, 0.1) is 12.5 Å².